The van der Waals surface area contributed by atoms with Gasteiger partial charge in [-0.2, -0.15) is 8.78 Å². The van der Waals surface area contributed by atoms with Gasteiger partial charge in [-0.25, -0.2) is 4.79 Å². The van der Waals surface area contributed by atoms with Crippen molar-refractivity contribution in [2.45, 2.75) is 25.6 Å². The highest BCUT2D eigenvalue weighted by Gasteiger charge is 2.40. The third-order valence-electron chi connectivity index (χ3n) is 1.03. The number of rotatable bonds is 1. The Hall–Kier alpha value is -0.520. The van der Waals surface area contributed by atoms with Gasteiger partial charge < -0.3 is 4.74 Å². The minimum atomic E-state index is -3.81. The number of esters is 2. The van der Waals surface area contributed by atoms with E-state index in [-0.39, 0.29) is 0 Å². The third-order valence-corrected chi connectivity index (χ3v) is 1.35. The maximum atomic E-state index is 12.2. The number of carbonyl (C=O) groups is 2. The minimum absolute atomic E-state index is 0.978. The van der Waals surface area contributed by atoms with E-state index in [1.807, 2.05) is 0 Å². The fourth-order valence-corrected chi connectivity index (χ4v) is 0.376. The van der Waals surface area contributed by atoms with Crippen molar-refractivity contribution in [3.63, 3.8) is 0 Å². The highest BCUT2D eigenvalue weighted by Crippen LogP contribution is 2.25. The largest absolute Gasteiger partial charge is 0.396 e. The molecule has 0 unspecified atom stereocenters. The van der Waals surface area contributed by atoms with Gasteiger partial charge in [0.1, 0.15) is 0 Å². The second-order valence-corrected chi connectivity index (χ2v) is 4.42. The van der Waals surface area contributed by atoms with Crippen molar-refractivity contribution in [3.8, 4) is 0 Å². The quantitative estimate of drug-likeness (QED) is 0.411. The van der Waals surface area contributed by atoms with E-state index in [1.54, 1.807) is 15.9 Å². The molecule has 0 fully saturated rings. The summed E-state index contributed by atoms with van der Waals surface area (Å²) in [6, 6.07) is 0. The lowest BCUT2D eigenvalue weighted by Gasteiger charge is -2.16. The maximum absolute atomic E-state index is 12.2. The molecule has 0 aromatic carbocycles. The van der Waals surface area contributed by atoms with Crippen molar-refractivity contribution >= 4 is 27.9 Å². The molecule has 0 N–H and O–H groups in total. The van der Waals surface area contributed by atoms with Crippen LogP contribution in [0.5, 0.6) is 0 Å². The van der Waals surface area contributed by atoms with Gasteiger partial charge in [0.2, 0.25) is 0 Å². The summed E-state index contributed by atoms with van der Waals surface area (Å²) in [5.41, 5.74) is -0.978. The Morgan fingerprint density at radius 2 is 1.54 bits per heavy atom. The molecule has 0 aromatic rings. The standard InChI is InChI=1S/C7H9BrF2O3/c1-6(2,3)4(11)13-5(12)7(8,9)10/h1-3H3. The van der Waals surface area contributed by atoms with E-state index < -0.39 is 22.2 Å². The summed E-state index contributed by atoms with van der Waals surface area (Å²) in [7, 11) is 0. The van der Waals surface area contributed by atoms with Gasteiger partial charge in [-0.05, 0) is 20.8 Å². The number of carbonyl (C=O) groups excluding carboxylic acids is 2. The fraction of sp³-hybridized carbons (Fsp3) is 0.714. The van der Waals surface area contributed by atoms with E-state index in [1.165, 1.54) is 20.8 Å². The SMILES string of the molecule is CC(C)(C)C(=O)OC(=O)C(F)(F)Br. The van der Waals surface area contributed by atoms with Crippen LogP contribution in [0.25, 0.3) is 0 Å². The first-order chi connectivity index (χ1) is 5.55. The van der Waals surface area contributed by atoms with Crippen LogP contribution in [0.3, 0.4) is 0 Å². The molecular weight excluding hydrogens is 250 g/mol. The van der Waals surface area contributed by atoms with Crippen LogP contribution in [0.2, 0.25) is 0 Å². The molecule has 0 saturated carbocycles. The van der Waals surface area contributed by atoms with Crippen LogP contribution >= 0.6 is 15.9 Å². The van der Waals surface area contributed by atoms with Crippen LogP contribution < -0.4 is 0 Å². The van der Waals surface area contributed by atoms with E-state index in [2.05, 4.69) is 4.74 Å². The summed E-state index contributed by atoms with van der Waals surface area (Å²) in [5, 5.41) is 0. The Bertz CT molecular complexity index is 203. The Morgan fingerprint density at radius 1 is 1.15 bits per heavy atom. The number of alkyl halides is 3. The van der Waals surface area contributed by atoms with Gasteiger partial charge >= 0.3 is 16.8 Å². The van der Waals surface area contributed by atoms with Crippen molar-refractivity contribution < 1.29 is 23.1 Å². The van der Waals surface area contributed by atoms with Crippen molar-refractivity contribution in [3.05, 3.63) is 0 Å². The maximum Gasteiger partial charge on any atom is 0.396 e. The van der Waals surface area contributed by atoms with Crippen LogP contribution in [-0.2, 0) is 14.3 Å². The van der Waals surface area contributed by atoms with Gasteiger partial charge in [-0.1, -0.05) is 0 Å². The number of halogens is 3. The second-order valence-electron chi connectivity index (χ2n) is 3.42. The van der Waals surface area contributed by atoms with Crippen molar-refractivity contribution in [1.29, 1.82) is 0 Å². The normalized spacial score (nSPS) is 12.5. The number of ether oxygens (including phenoxy) is 1. The molecule has 0 radical (unpaired) electrons. The zero-order valence-electron chi connectivity index (χ0n) is 7.36. The van der Waals surface area contributed by atoms with Crippen LogP contribution in [0.15, 0.2) is 0 Å². The van der Waals surface area contributed by atoms with E-state index >= 15 is 0 Å². The molecule has 0 bridgehead atoms. The Morgan fingerprint density at radius 3 is 1.77 bits per heavy atom. The van der Waals surface area contributed by atoms with Crippen molar-refractivity contribution in [2.75, 3.05) is 0 Å². The molecule has 3 nitrogen and oxygen atoms in total. The molecule has 0 spiro atoms. The van der Waals surface area contributed by atoms with Gasteiger partial charge in [0.15, 0.2) is 0 Å². The zero-order valence-corrected chi connectivity index (χ0v) is 8.94. The molecule has 0 saturated heterocycles. The molecule has 0 aliphatic carbocycles. The van der Waals surface area contributed by atoms with Crippen LogP contribution in [0, 0.1) is 5.41 Å². The van der Waals surface area contributed by atoms with Crippen molar-refractivity contribution in [1.82, 2.24) is 0 Å². The smallest absolute Gasteiger partial charge is 0.388 e. The van der Waals surface area contributed by atoms with E-state index in [0.717, 1.165) is 0 Å². The van der Waals surface area contributed by atoms with E-state index in [0.29, 0.717) is 0 Å². The molecule has 0 atom stereocenters. The molecule has 6 heteroatoms. The lowest BCUT2D eigenvalue weighted by Crippen LogP contribution is -2.32. The summed E-state index contributed by atoms with van der Waals surface area (Å²) < 4.78 is 28.2. The molecule has 0 aliphatic rings. The first-order valence-corrected chi connectivity index (χ1v) is 4.18. The molecule has 0 rings (SSSR count). The van der Waals surface area contributed by atoms with Gasteiger partial charge in [0.25, 0.3) is 0 Å². The Balaban J connectivity index is 4.34. The summed E-state index contributed by atoms with van der Waals surface area (Å²) in [6.45, 7) is 4.36. The minimum Gasteiger partial charge on any atom is -0.388 e. The topological polar surface area (TPSA) is 43.4 Å². The lowest BCUT2D eigenvalue weighted by molar-refractivity contribution is -0.174. The summed E-state index contributed by atoms with van der Waals surface area (Å²) in [6.07, 6.45) is 0. The summed E-state index contributed by atoms with van der Waals surface area (Å²) in [5.74, 6) is -2.89. The first kappa shape index (κ1) is 12.5. The predicted molar refractivity (Wildman–Crippen MR) is 44.4 cm³/mol. The highest BCUT2D eigenvalue weighted by molar-refractivity contribution is 9.10. The number of hydrogen-bond donors (Lipinski definition) is 0. The average Bonchev–Trinajstić information content (AvgIpc) is 1.82. The summed E-state index contributed by atoms with van der Waals surface area (Å²) in [4.78, 5) is 17.6. The molecule has 0 heterocycles. The van der Waals surface area contributed by atoms with Gasteiger partial charge in [-0.3, -0.25) is 4.79 Å². The van der Waals surface area contributed by atoms with Crippen molar-refractivity contribution in [2.24, 2.45) is 5.41 Å². The monoisotopic (exact) mass is 258 g/mol. The highest BCUT2D eigenvalue weighted by atomic mass is 79.9. The number of hydrogen-bond acceptors (Lipinski definition) is 3. The molecule has 76 valence electrons. The van der Waals surface area contributed by atoms with Crippen LogP contribution in [0.4, 0.5) is 8.78 Å². The Kier molecular flexibility index (Phi) is 3.54. The summed E-state index contributed by atoms with van der Waals surface area (Å²) >= 11 is 1.78. The van der Waals surface area contributed by atoms with E-state index in [4.69, 9.17) is 0 Å². The average molecular weight is 259 g/mol. The molecule has 13 heavy (non-hydrogen) atoms. The lowest BCUT2D eigenvalue weighted by atomic mass is 9.97. The Labute approximate surface area is 82.6 Å². The molecule has 0 aromatic heterocycles. The molecule has 0 aliphatic heterocycles. The van der Waals surface area contributed by atoms with Crippen LogP contribution in [-0.4, -0.2) is 16.8 Å². The first-order valence-electron chi connectivity index (χ1n) is 3.38. The van der Waals surface area contributed by atoms with Gasteiger partial charge in [0, 0.05) is 15.9 Å². The molecular formula is C7H9BrF2O3. The van der Waals surface area contributed by atoms with E-state index in [9.17, 15) is 18.4 Å². The molecule has 0 amide bonds. The van der Waals surface area contributed by atoms with Crippen LogP contribution in [0.1, 0.15) is 20.8 Å². The fourth-order valence-electron chi connectivity index (χ4n) is 0.295. The van der Waals surface area contributed by atoms with Gasteiger partial charge in [-0.15, -0.1) is 0 Å². The second kappa shape index (κ2) is 3.69. The van der Waals surface area contributed by atoms with Gasteiger partial charge in [0.05, 0.1) is 5.41 Å². The predicted octanol–water partition coefficient (Wildman–Crippen LogP) is 2.09. The zero-order chi connectivity index (χ0) is 10.9. The third kappa shape index (κ3) is 4.31.